The number of hydrogen-bond donors (Lipinski definition) is 0. The van der Waals surface area contributed by atoms with E-state index in [1.54, 1.807) is 17.9 Å². The Balaban J connectivity index is 2.01. The molecule has 1 aromatic carbocycles. The van der Waals surface area contributed by atoms with Crippen LogP contribution in [-0.4, -0.2) is 29.9 Å². The lowest BCUT2D eigenvalue weighted by Gasteiger charge is -2.27. The topological polar surface area (TPSA) is 55.2 Å². The Morgan fingerprint density at radius 3 is 2.83 bits per heavy atom. The molecule has 0 aliphatic carbocycles. The van der Waals surface area contributed by atoms with Crippen LogP contribution in [0, 0.1) is 11.6 Å². The number of hydrogen-bond acceptors (Lipinski definition) is 4. The predicted molar refractivity (Wildman–Crippen MR) is 87.4 cm³/mol. The Morgan fingerprint density at radius 1 is 1.29 bits per heavy atom. The van der Waals surface area contributed by atoms with Crippen LogP contribution in [-0.2, 0) is 10.0 Å². The first kappa shape index (κ1) is 16.9. The van der Waals surface area contributed by atoms with Crippen molar-refractivity contribution in [2.24, 2.45) is 0 Å². The van der Waals surface area contributed by atoms with Crippen molar-refractivity contribution in [2.75, 3.05) is 17.2 Å². The number of nitrogens with zero attached hydrogens (tertiary/aromatic N) is 3. The minimum Gasteiger partial charge on any atom is -0.349 e. The molecular weight excluding hydrogens is 336 g/mol. The van der Waals surface area contributed by atoms with Crippen LogP contribution in [0.3, 0.4) is 0 Å². The van der Waals surface area contributed by atoms with Crippen LogP contribution in [0.15, 0.2) is 30.5 Å². The molecule has 5 nitrogen and oxygen atoms in total. The average molecular weight is 355 g/mol. The Morgan fingerprint density at radius 2 is 2.08 bits per heavy atom. The first-order chi connectivity index (χ1) is 11.4. The van der Waals surface area contributed by atoms with E-state index in [1.165, 1.54) is 12.3 Å². The van der Waals surface area contributed by atoms with Crippen LogP contribution >= 0.6 is 0 Å². The van der Waals surface area contributed by atoms with E-state index in [-0.39, 0.29) is 11.3 Å². The van der Waals surface area contributed by atoms with Crippen molar-refractivity contribution >= 4 is 15.8 Å². The van der Waals surface area contributed by atoms with Crippen molar-refractivity contribution in [3.05, 3.63) is 47.7 Å². The van der Waals surface area contributed by atoms with Gasteiger partial charge in [-0.15, -0.1) is 4.09 Å². The molecule has 3 rings (SSSR count). The molecule has 0 radical (unpaired) electrons. The van der Waals surface area contributed by atoms with Gasteiger partial charge in [0.15, 0.2) is 0 Å². The van der Waals surface area contributed by atoms with Gasteiger partial charge in [0.2, 0.25) is 0 Å². The molecular formula is C16H19F2N3O2S. The van der Waals surface area contributed by atoms with Gasteiger partial charge in [0.25, 0.3) is 10.0 Å². The van der Waals surface area contributed by atoms with Crippen molar-refractivity contribution in [3.63, 3.8) is 0 Å². The summed E-state index contributed by atoms with van der Waals surface area (Å²) < 4.78 is 53.5. The van der Waals surface area contributed by atoms with E-state index in [4.69, 9.17) is 0 Å². The number of aromatic nitrogens is 2. The van der Waals surface area contributed by atoms with E-state index in [2.05, 4.69) is 5.10 Å². The molecule has 0 bridgehead atoms. The van der Waals surface area contributed by atoms with Crippen LogP contribution in [0.4, 0.5) is 14.6 Å². The lowest BCUT2D eigenvalue weighted by molar-refractivity contribution is 0.556. The Bertz CT molecular complexity index is 836. The number of anilines is 1. The maximum absolute atomic E-state index is 14.2. The second-order valence-electron chi connectivity index (χ2n) is 5.87. The van der Waals surface area contributed by atoms with Crippen molar-refractivity contribution in [3.8, 4) is 0 Å². The second kappa shape index (κ2) is 6.51. The molecule has 1 atom stereocenters. The quantitative estimate of drug-likeness (QED) is 0.827. The molecule has 1 aliphatic heterocycles. The van der Waals surface area contributed by atoms with Gasteiger partial charge in [0.1, 0.15) is 17.5 Å². The largest absolute Gasteiger partial charge is 0.349 e. The monoisotopic (exact) mass is 355 g/mol. The number of rotatable bonds is 5. The van der Waals surface area contributed by atoms with Gasteiger partial charge >= 0.3 is 0 Å². The van der Waals surface area contributed by atoms with Crippen molar-refractivity contribution in [1.82, 2.24) is 9.19 Å². The molecule has 0 saturated carbocycles. The molecule has 1 fully saturated rings. The molecule has 1 aromatic heterocycles. The van der Waals surface area contributed by atoms with Gasteiger partial charge in [-0.1, -0.05) is 6.92 Å². The van der Waals surface area contributed by atoms with E-state index in [0.717, 1.165) is 22.6 Å². The van der Waals surface area contributed by atoms with E-state index < -0.39 is 27.7 Å². The first-order valence-corrected chi connectivity index (χ1v) is 9.54. The fraction of sp³-hybridized carbons (Fsp3) is 0.438. The summed E-state index contributed by atoms with van der Waals surface area (Å²) in [6, 6.07) is 4.55. The molecule has 1 unspecified atom stereocenters. The zero-order chi connectivity index (χ0) is 17.3. The second-order valence-corrected chi connectivity index (χ2v) is 7.78. The highest BCUT2D eigenvalue weighted by molar-refractivity contribution is 7.89. The van der Waals surface area contributed by atoms with Gasteiger partial charge < -0.3 is 4.90 Å². The summed E-state index contributed by atoms with van der Waals surface area (Å²) in [5, 5.41) is 3.94. The Labute approximate surface area is 139 Å². The van der Waals surface area contributed by atoms with Crippen molar-refractivity contribution in [1.29, 1.82) is 0 Å². The van der Waals surface area contributed by atoms with Gasteiger partial charge in [-0.2, -0.15) is 5.10 Å². The number of benzene rings is 1. The highest BCUT2D eigenvalue weighted by Crippen LogP contribution is 2.37. The summed E-state index contributed by atoms with van der Waals surface area (Å²) in [5.74, 6) is -0.620. The van der Waals surface area contributed by atoms with Crippen LogP contribution in [0.2, 0.25) is 0 Å². The smallest absolute Gasteiger partial charge is 0.255 e. The maximum atomic E-state index is 14.2. The van der Waals surface area contributed by atoms with Gasteiger partial charge in [-0.3, -0.25) is 0 Å². The highest BCUT2D eigenvalue weighted by atomic mass is 32.2. The molecule has 8 heteroatoms. The molecule has 0 N–H and O–H groups in total. The molecule has 0 spiro atoms. The molecule has 2 aromatic rings. The summed E-state index contributed by atoms with van der Waals surface area (Å²) in [6.45, 7) is 2.34. The molecule has 24 heavy (non-hydrogen) atoms. The van der Waals surface area contributed by atoms with Gasteiger partial charge in [0, 0.05) is 18.2 Å². The zero-order valence-corrected chi connectivity index (χ0v) is 14.1. The third kappa shape index (κ3) is 3.02. The normalized spacial score (nSPS) is 18.3. The predicted octanol–water partition coefficient (Wildman–Crippen LogP) is 3.09. The third-order valence-electron chi connectivity index (χ3n) is 4.18. The van der Waals surface area contributed by atoms with Crippen LogP contribution < -0.4 is 4.90 Å². The standard InChI is InChI=1S/C16H19F2N3O2S/c1-2-10-24(22,23)21-16(7-8-19-21)20-9-3-4-15(20)13-11-12(17)5-6-14(13)18/h5-8,11,15H,2-4,9-10H2,1H3. The average Bonchev–Trinajstić information content (AvgIpc) is 3.17. The third-order valence-corrected chi connectivity index (χ3v) is 5.91. The van der Waals surface area contributed by atoms with Crippen LogP contribution in [0.1, 0.15) is 37.8 Å². The fourth-order valence-electron chi connectivity index (χ4n) is 3.18. The van der Waals surface area contributed by atoms with Crippen LogP contribution in [0.5, 0.6) is 0 Å². The van der Waals surface area contributed by atoms with Crippen molar-refractivity contribution < 1.29 is 17.2 Å². The molecule has 0 amide bonds. The highest BCUT2D eigenvalue weighted by Gasteiger charge is 2.32. The van der Waals surface area contributed by atoms with Crippen molar-refractivity contribution in [2.45, 2.75) is 32.2 Å². The number of halogens is 2. The van der Waals surface area contributed by atoms with Gasteiger partial charge in [0.05, 0.1) is 18.0 Å². The zero-order valence-electron chi connectivity index (χ0n) is 13.3. The Hall–Kier alpha value is -1.96. The summed E-state index contributed by atoms with van der Waals surface area (Å²) in [4.78, 5) is 1.79. The summed E-state index contributed by atoms with van der Waals surface area (Å²) in [5.41, 5.74) is 0.244. The molecule has 2 heterocycles. The molecule has 130 valence electrons. The van der Waals surface area contributed by atoms with Gasteiger partial charge in [-0.05, 0) is 37.5 Å². The van der Waals surface area contributed by atoms with Gasteiger partial charge in [-0.25, -0.2) is 17.2 Å². The maximum Gasteiger partial charge on any atom is 0.255 e. The fourth-order valence-corrected chi connectivity index (χ4v) is 4.52. The van der Waals surface area contributed by atoms with E-state index in [9.17, 15) is 17.2 Å². The summed E-state index contributed by atoms with van der Waals surface area (Å²) in [7, 11) is -3.56. The molecule has 1 saturated heterocycles. The summed E-state index contributed by atoms with van der Waals surface area (Å²) in [6.07, 6.45) is 3.28. The lowest BCUT2D eigenvalue weighted by Crippen LogP contribution is -2.29. The lowest BCUT2D eigenvalue weighted by atomic mass is 10.0. The Kier molecular flexibility index (Phi) is 4.58. The van der Waals surface area contributed by atoms with E-state index in [1.807, 2.05) is 0 Å². The SMILES string of the molecule is CCCS(=O)(=O)n1nccc1N1CCCC1c1cc(F)ccc1F. The van der Waals surface area contributed by atoms with E-state index >= 15 is 0 Å². The summed E-state index contributed by atoms with van der Waals surface area (Å²) >= 11 is 0. The molecule has 1 aliphatic rings. The first-order valence-electron chi connectivity index (χ1n) is 7.93. The minimum atomic E-state index is -3.56. The van der Waals surface area contributed by atoms with Crippen LogP contribution in [0.25, 0.3) is 0 Å². The van der Waals surface area contributed by atoms with E-state index in [0.29, 0.717) is 25.2 Å². The minimum absolute atomic E-state index is 0.0193.